The van der Waals surface area contributed by atoms with Gasteiger partial charge >= 0.3 is 0 Å². The van der Waals surface area contributed by atoms with Gasteiger partial charge in [0.15, 0.2) is 0 Å². The zero-order valence-electron chi connectivity index (χ0n) is 10.3. The minimum Gasteiger partial charge on any atom is -0.322 e. The van der Waals surface area contributed by atoms with E-state index in [2.05, 4.69) is 16.4 Å². The summed E-state index contributed by atoms with van der Waals surface area (Å²) in [7, 11) is 0. The van der Waals surface area contributed by atoms with E-state index in [9.17, 15) is 4.79 Å². The molecule has 4 heteroatoms. The van der Waals surface area contributed by atoms with E-state index >= 15 is 0 Å². The summed E-state index contributed by atoms with van der Waals surface area (Å²) in [5, 5.41) is 3.19. The van der Waals surface area contributed by atoms with Crippen molar-refractivity contribution in [2.24, 2.45) is 0 Å². The molecule has 96 valence electrons. The predicted molar refractivity (Wildman–Crippen MR) is 75.7 cm³/mol. The number of pyridine rings is 1. The monoisotopic (exact) mass is 272 g/mol. The van der Waals surface area contributed by atoms with Crippen molar-refractivity contribution in [2.45, 2.75) is 19.3 Å². The second-order valence-corrected chi connectivity index (χ2v) is 5.05. The minimum absolute atomic E-state index is 0.114. The fourth-order valence-electron chi connectivity index (χ4n) is 2.40. The van der Waals surface area contributed by atoms with E-state index in [0.717, 1.165) is 12.8 Å². The first-order valence-electron chi connectivity index (χ1n) is 6.27. The first-order valence-corrected chi connectivity index (χ1v) is 6.65. The van der Waals surface area contributed by atoms with Crippen molar-refractivity contribution in [1.82, 2.24) is 4.98 Å². The summed E-state index contributed by atoms with van der Waals surface area (Å²) in [6.45, 7) is 0. The van der Waals surface area contributed by atoms with Crippen LogP contribution < -0.4 is 5.32 Å². The molecule has 0 unspecified atom stereocenters. The van der Waals surface area contributed by atoms with Crippen molar-refractivity contribution >= 4 is 23.2 Å². The number of hydrogen-bond donors (Lipinski definition) is 1. The molecule has 0 spiro atoms. The maximum atomic E-state index is 12.2. The first kappa shape index (κ1) is 12.2. The number of amides is 1. The Hall–Kier alpha value is -1.87. The van der Waals surface area contributed by atoms with Crippen LogP contribution in [0.25, 0.3) is 0 Å². The highest BCUT2D eigenvalue weighted by Crippen LogP contribution is 2.23. The van der Waals surface area contributed by atoms with E-state index in [1.165, 1.54) is 17.5 Å². The van der Waals surface area contributed by atoms with Crippen molar-refractivity contribution in [3.05, 3.63) is 58.4 Å². The van der Waals surface area contributed by atoms with Crippen molar-refractivity contribution in [1.29, 1.82) is 0 Å². The summed E-state index contributed by atoms with van der Waals surface area (Å²) in [6, 6.07) is 9.27. The number of nitrogens with one attached hydrogen (secondary N) is 1. The Morgan fingerprint density at radius 1 is 1.16 bits per heavy atom. The van der Waals surface area contributed by atoms with Crippen LogP contribution in [-0.2, 0) is 12.8 Å². The fraction of sp³-hybridized carbons (Fsp3) is 0.200. The van der Waals surface area contributed by atoms with Crippen LogP contribution in [0.15, 0.2) is 36.5 Å². The maximum Gasteiger partial charge on any atom is 0.255 e. The highest BCUT2D eigenvalue weighted by molar-refractivity contribution is 6.29. The molecule has 1 aromatic heterocycles. The summed E-state index contributed by atoms with van der Waals surface area (Å²) in [5.74, 6) is -0.114. The third-order valence-corrected chi connectivity index (χ3v) is 3.55. The molecular weight excluding hydrogens is 260 g/mol. The lowest BCUT2D eigenvalue weighted by molar-refractivity contribution is 0.102. The number of carbonyl (C=O) groups excluding carboxylic acids is 1. The lowest BCUT2D eigenvalue weighted by Gasteiger charge is -2.07. The molecule has 0 fully saturated rings. The molecule has 0 aliphatic heterocycles. The average molecular weight is 273 g/mol. The Morgan fingerprint density at radius 3 is 2.84 bits per heavy atom. The molecule has 19 heavy (non-hydrogen) atoms. The van der Waals surface area contributed by atoms with E-state index in [0.29, 0.717) is 16.4 Å². The molecule has 0 saturated heterocycles. The third kappa shape index (κ3) is 2.61. The minimum atomic E-state index is -0.114. The second kappa shape index (κ2) is 5.02. The molecule has 0 atom stereocenters. The smallest absolute Gasteiger partial charge is 0.255 e. The van der Waals surface area contributed by atoms with Crippen molar-refractivity contribution in [3.8, 4) is 0 Å². The number of aryl methyl sites for hydroxylation is 2. The summed E-state index contributed by atoms with van der Waals surface area (Å²) in [5.41, 5.74) is 4.00. The lowest BCUT2D eigenvalue weighted by Crippen LogP contribution is -2.12. The van der Waals surface area contributed by atoms with Crippen LogP contribution >= 0.6 is 11.6 Å². The van der Waals surface area contributed by atoms with Gasteiger partial charge in [0.2, 0.25) is 0 Å². The molecular formula is C15H13ClN2O. The number of hydrogen-bond acceptors (Lipinski definition) is 2. The standard InChI is InChI=1S/C15H13ClN2O/c16-14-9-13(6-7-17-14)18-15(19)12-5-4-10-2-1-3-11(10)8-12/h4-9H,1-3H2,(H,17,18,19). The number of nitrogens with zero attached hydrogens (tertiary/aromatic N) is 1. The van der Waals surface area contributed by atoms with Crippen molar-refractivity contribution < 1.29 is 4.79 Å². The molecule has 3 rings (SSSR count). The number of carbonyl (C=O) groups is 1. The van der Waals surface area contributed by atoms with E-state index < -0.39 is 0 Å². The molecule has 1 heterocycles. The molecule has 1 amide bonds. The number of anilines is 1. The van der Waals surface area contributed by atoms with Gasteiger partial charge in [0.25, 0.3) is 5.91 Å². The molecule has 2 aromatic rings. The highest BCUT2D eigenvalue weighted by Gasteiger charge is 2.14. The maximum absolute atomic E-state index is 12.2. The van der Waals surface area contributed by atoms with Gasteiger partial charge in [0.1, 0.15) is 5.15 Å². The summed E-state index contributed by atoms with van der Waals surface area (Å²) >= 11 is 5.79. The summed E-state index contributed by atoms with van der Waals surface area (Å²) in [4.78, 5) is 16.0. The predicted octanol–water partition coefficient (Wildman–Crippen LogP) is 3.48. The van der Waals surface area contributed by atoms with E-state index in [4.69, 9.17) is 11.6 Å². The molecule has 1 aromatic carbocycles. The van der Waals surface area contributed by atoms with Gasteiger partial charge in [-0.25, -0.2) is 4.98 Å². The lowest BCUT2D eigenvalue weighted by atomic mass is 10.1. The Bertz CT molecular complexity index is 640. The first-order chi connectivity index (χ1) is 9.22. The molecule has 1 N–H and O–H groups in total. The van der Waals surface area contributed by atoms with Gasteiger partial charge in [0.05, 0.1) is 0 Å². The van der Waals surface area contributed by atoms with Crippen molar-refractivity contribution in [2.75, 3.05) is 5.32 Å². The van der Waals surface area contributed by atoms with Crippen LogP contribution in [0.2, 0.25) is 5.15 Å². The quantitative estimate of drug-likeness (QED) is 0.851. The van der Waals surface area contributed by atoms with Crippen LogP contribution in [0.1, 0.15) is 27.9 Å². The van der Waals surface area contributed by atoms with Gasteiger partial charge in [-0.3, -0.25) is 4.79 Å². The van der Waals surface area contributed by atoms with Gasteiger partial charge < -0.3 is 5.32 Å². The molecule has 0 radical (unpaired) electrons. The number of fused-ring (bicyclic) bond motifs is 1. The van der Waals surface area contributed by atoms with E-state index in [1.807, 2.05) is 12.1 Å². The summed E-state index contributed by atoms with van der Waals surface area (Å²) < 4.78 is 0. The summed E-state index contributed by atoms with van der Waals surface area (Å²) in [6.07, 6.45) is 4.94. The topological polar surface area (TPSA) is 42.0 Å². The van der Waals surface area contributed by atoms with E-state index in [1.54, 1.807) is 18.3 Å². The van der Waals surface area contributed by atoms with Gasteiger partial charge in [0, 0.05) is 17.4 Å². The highest BCUT2D eigenvalue weighted by atomic mass is 35.5. The average Bonchev–Trinajstić information content (AvgIpc) is 2.85. The zero-order chi connectivity index (χ0) is 13.2. The number of aromatic nitrogens is 1. The number of halogens is 1. The Balaban J connectivity index is 1.81. The van der Waals surface area contributed by atoms with Gasteiger partial charge in [-0.15, -0.1) is 0 Å². The molecule has 0 saturated carbocycles. The molecule has 3 nitrogen and oxygen atoms in total. The third-order valence-electron chi connectivity index (χ3n) is 3.35. The van der Waals surface area contributed by atoms with Gasteiger partial charge in [-0.05, 0) is 54.7 Å². The van der Waals surface area contributed by atoms with E-state index in [-0.39, 0.29) is 5.91 Å². The van der Waals surface area contributed by atoms with Crippen LogP contribution in [-0.4, -0.2) is 10.9 Å². The number of rotatable bonds is 2. The normalized spacial score (nSPS) is 13.1. The van der Waals surface area contributed by atoms with Crippen molar-refractivity contribution in [3.63, 3.8) is 0 Å². The van der Waals surface area contributed by atoms with Crippen LogP contribution in [0.5, 0.6) is 0 Å². The molecule has 0 bridgehead atoms. The zero-order valence-corrected chi connectivity index (χ0v) is 11.1. The Morgan fingerprint density at radius 2 is 2.00 bits per heavy atom. The van der Waals surface area contributed by atoms with Crippen LogP contribution in [0, 0.1) is 0 Å². The van der Waals surface area contributed by atoms with Crippen LogP contribution in [0.4, 0.5) is 5.69 Å². The molecule has 1 aliphatic carbocycles. The van der Waals surface area contributed by atoms with Crippen LogP contribution in [0.3, 0.4) is 0 Å². The number of benzene rings is 1. The SMILES string of the molecule is O=C(Nc1ccnc(Cl)c1)c1ccc2c(c1)CCC2. The second-order valence-electron chi connectivity index (χ2n) is 4.66. The molecule has 1 aliphatic rings. The Labute approximate surface area is 116 Å². The fourth-order valence-corrected chi connectivity index (χ4v) is 2.57. The van der Waals surface area contributed by atoms with Gasteiger partial charge in [-0.2, -0.15) is 0 Å². The largest absolute Gasteiger partial charge is 0.322 e. The van der Waals surface area contributed by atoms with Gasteiger partial charge in [-0.1, -0.05) is 17.7 Å². The Kier molecular flexibility index (Phi) is 3.22.